The van der Waals surface area contributed by atoms with Crippen LogP contribution in [0.15, 0.2) is 12.3 Å². The highest BCUT2D eigenvalue weighted by molar-refractivity contribution is 5.04. The van der Waals surface area contributed by atoms with Gasteiger partial charge in [0.05, 0.1) is 17.3 Å². The molecule has 1 aromatic rings. The van der Waals surface area contributed by atoms with E-state index in [4.69, 9.17) is 0 Å². The third-order valence-electron chi connectivity index (χ3n) is 4.19. The van der Waals surface area contributed by atoms with Crippen LogP contribution in [-0.4, -0.2) is 20.5 Å². The summed E-state index contributed by atoms with van der Waals surface area (Å²) in [5.41, 5.74) is 0.456. The summed E-state index contributed by atoms with van der Waals surface area (Å²) < 4.78 is 2.11. The fourth-order valence-corrected chi connectivity index (χ4v) is 2.68. The van der Waals surface area contributed by atoms with E-state index in [2.05, 4.69) is 22.0 Å². The lowest BCUT2D eigenvalue weighted by Gasteiger charge is -2.23. The largest absolute Gasteiger partial charge is 0.390 e. The Hall–Kier alpha value is -0.830. The second kappa shape index (κ2) is 5.21. The number of aliphatic hydroxyl groups is 1. The number of hydrogen-bond donors (Lipinski definition) is 1. The second-order valence-corrected chi connectivity index (χ2v) is 5.33. The summed E-state index contributed by atoms with van der Waals surface area (Å²) in [6.45, 7) is 4.08. The number of hydrogen-bond acceptors (Lipinski definition) is 2. The van der Waals surface area contributed by atoms with Crippen LogP contribution in [0.1, 0.15) is 64.1 Å². The average molecular weight is 236 g/mol. The molecule has 0 aromatic carbocycles. The predicted octanol–water partition coefficient (Wildman–Crippen LogP) is 3.09. The molecule has 0 saturated heterocycles. The molecule has 3 heteroatoms. The van der Waals surface area contributed by atoms with E-state index in [9.17, 15) is 5.11 Å². The molecule has 1 heterocycles. The van der Waals surface area contributed by atoms with Gasteiger partial charge in [-0.1, -0.05) is 26.7 Å². The molecule has 2 rings (SSSR count). The van der Waals surface area contributed by atoms with Crippen LogP contribution in [0.2, 0.25) is 0 Å². The number of aromatic nitrogens is 2. The molecule has 1 N–H and O–H groups in total. The monoisotopic (exact) mass is 236 g/mol. The van der Waals surface area contributed by atoms with Gasteiger partial charge in [0.25, 0.3) is 0 Å². The summed E-state index contributed by atoms with van der Waals surface area (Å²) in [4.78, 5) is 0. The van der Waals surface area contributed by atoms with Gasteiger partial charge in [-0.3, -0.25) is 4.68 Å². The summed E-state index contributed by atoms with van der Waals surface area (Å²) in [5, 5.41) is 14.9. The molecule has 1 aliphatic carbocycles. The van der Waals surface area contributed by atoms with Crippen molar-refractivity contribution in [1.29, 1.82) is 0 Å². The fourth-order valence-electron chi connectivity index (χ4n) is 2.68. The van der Waals surface area contributed by atoms with E-state index >= 15 is 0 Å². The Bertz CT molecular complexity index is 349. The van der Waals surface area contributed by atoms with Crippen LogP contribution >= 0.6 is 0 Å². The van der Waals surface area contributed by atoms with Crippen molar-refractivity contribution in [2.75, 3.05) is 0 Å². The molecule has 1 aromatic heterocycles. The van der Waals surface area contributed by atoms with Gasteiger partial charge in [0.1, 0.15) is 0 Å². The SMILES string of the molecule is CCC(O)(CC)Cc1ccn(C2CCCC2)n1. The van der Waals surface area contributed by atoms with Crippen molar-refractivity contribution >= 4 is 0 Å². The lowest BCUT2D eigenvalue weighted by molar-refractivity contribution is 0.0315. The van der Waals surface area contributed by atoms with Gasteiger partial charge in [-0.25, -0.2) is 0 Å². The summed E-state index contributed by atoms with van der Waals surface area (Å²) in [7, 11) is 0. The number of nitrogens with zero attached hydrogens (tertiary/aromatic N) is 2. The van der Waals surface area contributed by atoms with E-state index in [0.29, 0.717) is 12.5 Å². The maximum atomic E-state index is 10.3. The highest BCUT2D eigenvalue weighted by Gasteiger charge is 2.24. The Balaban J connectivity index is 2.02. The minimum absolute atomic E-state index is 0.575. The minimum atomic E-state index is -0.575. The second-order valence-electron chi connectivity index (χ2n) is 5.33. The van der Waals surface area contributed by atoms with E-state index in [-0.39, 0.29) is 0 Å². The Morgan fingerprint density at radius 3 is 2.59 bits per heavy atom. The first kappa shape index (κ1) is 12.6. The Kier molecular flexibility index (Phi) is 3.87. The van der Waals surface area contributed by atoms with Gasteiger partial charge >= 0.3 is 0 Å². The van der Waals surface area contributed by atoms with Crippen LogP contribution in [0.4, 0.5) is 0 Å². The van der Waals surface area contributed by atoms with Gasteiger partial charge in [0, 0.05) is 12.6 Å². The van der Waals surface area contributed by atoms with Gasteiger partial charge in [-0.2, -0.15) is 5.10 Å². The molecule has 3 nitrogen and oxygen atoms in total. The number of rotatable bonds is 5. The molecule has 0 amide bonds. The first-order valence-corrected chi connectivity index (χ1v) is 6.93. The molecule has 1 aliphatic rings. The summed E-state index contributed by atoms with van der Waals surface area (Å²) >= 11 is 0. The Labute approximate surface area is 104 Å². The van der Waals surface area contributed by atoms with Crippen molar-refractivity contribution in [3.8, 4) is 0 Å². The molecule has 0 radical (unpaired) electrons. The van der Waals surface area contributed by atoms with Gasteiger partial charge < -0.3 is 5.11 Å². The van der Waals surface area contributed by atoms with Crippen molar-refractivity contribution < 1.29 is 5.11 Å². The zero-order chi connectivity index (χ0) is 12.3. The standard InChI is InChI=1S/C14H24N2O/c1-3-14(17,4-2)11-12-9-10-16(15-12)13-7-5-6-8-13/h9-10,13,17H,3-8,11H2,1-2H3. The maximum absolute atomic E-state index is 10.3. The lowest BCUT2D eigenvalue weighted by atomic mass is 9.92. The first-order valence-electron chi connectivity index (χ1n) is 6.93. The van der Waals surface area contributed by atoms with Gasteiger partial charge in [-0.15, -0.1) is 0 Å². The quantitative estimate of drug-likeness (QED) is 0.853. The molecule has 96 valence electrons. The molecule has 0 aliphatic heterocycles. The van der Waals surface area contributed by atoms with Crippen molar-refractivity contribution in [2.45, 2.75) is 70.4 Å². The predicted molar refractivity (Wildman–Crippen MR) is 69.0 cm³/mol. The van der Waals surface area contributed by atoms with Gasteiger partial charge in [-0.05, 0) is 31.7 Å². The normalized spacial score (nSPS) is 17.8. The van der Waals surface area contributed by atoms with Crippen molar-refractivity contribution in [2.24, 2.45) is 0 Å². The van der Waals surface area contributed by atoms with Crippen molar-refractivity contribution in [3.05, 3.63) is 18.0 Å². The summed E-state index contributed by atoms with van der Waals surface area (Å²) in [5.74, 6) is 0. The van der Waals surface area contributed by atoms with Crippen LogP contribution in [0.5, 0.6) is 0 Å². The van der Waals surface area contributed by atoms with E-state index in [1.807, 2.05) is 13.8 Å². The lowest BCUT2D eigenvalue weighted by Crippen LogP contribution is -2.29. The van der Waals surface area contributed by atoms with E-state index in [1.54, 1.807) is 0 Å². The molecular weight excluding hydrogens is 212 g/mol. The van der Waals surface area contributed by atoms with E-state index in [1.165, 1.54) is 25.7 Å². The van der Waals surface area contributed by atoms with E-state index < -0.39 is 5.60 Å². The smallest absolute Gasteiger partial charge is 0.0698 e. The molecule has 1 fully saturated rings. The van der Waals surface area contributed by atoms with Crippen LogP contribution < -0.4 is 0 Å². The minimum Gasteiger partial charge on any atom is -0.390 e. The van der Waals surface area contributed by atoms with Crippen molar-refractivity contribution in [1.82, 2.24) is 9.78 Å². The van der Waals surface area contributed by atoms with E-state index in [0.717, 1.165) is 18.5 Å². The Morgan fingerprint density at radius 2 is 2.00 bits per heavy atom. The third kappa shape index (κ3) is 2.89. The average Bonchev–Trinajstić information content (AvgIpc) is 2.98. The fraction of sp³-hybridized carbons (Fsp3) is 0.786. The molecular formula is C14H24N2O. The van der Waals surface area contributed by atoms with Crippen LogP contribution in [0.3, 0.4) is 0 Å². The maximum Gasteiger partial charge on any atom is 0.0698 e. The molecule has 0 unspecified atom stereocenters. The summed E-state index contributed by atoms with van der Waals surface area (Å²) in [6.07, 6.45) is 9.51. The van der Waals surface area contributed by atoms with Crippen molar-refractivity contribution in [3.63, 3.8) is 0 Å². The first-order chi connectivity index (χ1) is 8.17. The van der Waals surface area contributed by atoms with Gasteiger partial charge in [0.2, 0.25) is 0 Å². The highest BCUT2D eigenvalue weighted by atomic mass is 16.3. The van der Waals surface area contributed by atoms with Crippen LogP contribution in [0, 0.1) is 0 Å². The molecule has 0 spiro atoms. The highest BCUT2D eigenvalue weighted by Crippen LogP contribution is 2.29. The topological polar surface area (TPSA) is 38.0 Å². The molecule has 0 bridgehead atoms. The summed E-state index contributed by atoms with van der Waals surface area (Å²) in [6, 6.07) is 2.66. The zero-order valence-electron chi connectivity index (χ0n) is 11.0. The van der Waals surface area contributed by atoms with Crippen LogP contribution in [-0.2, 0) is 6.42 Å². The Morgan fingerprint density at radius 1 is 1.35 bits per heavy atom. The molecule has 17 heavy (non-hydrogen) atoms. The molecule has 1 saturated carbocycles. The zero-order valence-corrected chi connectivity index (χ0v) is 11.0. The third-order valence-corrected chi connectivity index (χ3v) is 4.19. The molecule has 0 atom stereocenters. The van der Waals surface area contributed by atoms with Crippen LogP contribution in [0.25, 0.3) is 0 Å². The van der Waals surface area contributed by atoms with Gasteiger partial charge in [0.15, 0.2) is 0 Å².